The summed E-state index contributed by atoms with van der Waals surface area (Å²) in [6.07, 6.45) is 2.36. The third-order valence-electron chi connectivity index (χ3n) is 4.32. The zero-order valence-corrected chi connectivity index (χ0v) is 15.0. The Morgan fingerprint density at radius 2 is 2.00 bits per heavy atom. The molecule has 0 saturated carbocycles. The fourth-order valence-corrected chi connectivity index (χ4v) is 3.11. The van der Waals surface area contributed by atoms with Crippen molar-refractivity contribution in [3.8, 4) is 0 Å². The third kappa shape index (κ3) is 3.42. The highest BCUT2D eigenvalue weighted by atomic mass is 19.1. The molecule has 3 heterocycles. The Morgan fingerprint density at radius 1 is 1.22 bits per heavy atom. The number of ether oxygens (including phenoxy) is 1. The van der Waals surface area contributed by atoms with E-state index >= 15 is 0 Å². The Hall–Kier alpha value is -2.81. The Labute approximate surface area is 154 Å². The quantitative estimate of drug-likeness (QED) is 0.710. The molecule has 1 aromatic carbocycles. The summed E-state index contributed by atoms with van der Waals surface area (Å²) in [6, 6.07) is 3.84. The van der Waals surface area contributed by atoms with Crippen LogP contribution >= 0.6 is 0 Å². The summed E-state index contributed by atoms with van der Waals surface area (Å²) in [5.41, 5.74) is 0.875. The van der Waals surface area contributed by atoms with Crippen LogP contribution in [-0.4, -0.2) is 38.8 Å². The van der Waals surface area contributed by atoms with Gasteiger partial charge in [-0.25, -0.2) is 18.7 Å². The number of imidazole rings is 1. The second-order valence-corrected chi connectivity index (χ2v) is 6.75. The van der Waals surface area contributed by atoms with E-state index in [4.69, 9.17) is 4.74 Å². The first-order valence-corrected chi connectivity index (χ1v) is 8.83. The van der Waals surface area contributed by atoms with Crippen molar-refractivity contribution in [2.24, 2.45) is 0 Å². The van der Waals surface area contributed by atoms with E-state index in [-0.39, 0.29) is 17.8 Å². The van der Waals surface area contributed by atoms with E-state index in [1.165, 1.54) is 18.2 Å². The molecule has 0 unspecified atom stereocenters. The molecule has 1 aliphatic heterocycles. The topological polar surface area (TPSA) is 76.9 Å². The van der Waals surface area contributed by atoms with Crippen LogP contribution in [0.5, 0.6) is 0 Å². The second kappa shape index (κ2) is 7.07. The lowest BCUT2D eigenvalue weighted by molar-refractivity contribution is 0.187. The molecular weight excluding hydrogens is 354 g/mol. The molecule has 3 aromatic rings. The number of anilines is 3. The first-order valence-electron chi connectivity index (χ1n) is 8.83. The monoisotopic (exact) mass is 374 g/mol. The highest BCUT2D eigenvalue weighted by molar-refractivity contribution is 5.76. The number of nitrogens with one attached hydrogen (secondary N) is 2. The molecule has 4 rings (SSSR count). The summed E-state index contributed by atoms with van der Waals surface area (Å²) in [7, 11) is 0. The van der Waals surface area contributed by atoms with Gasteiger partial charge in [-0.3, -0.25) is 4.57 Å². The predicted octanol–water partition coefficient (Wildman–Crippen LogP) is 3.63. The molecule has 2 aromatic heterocycles. The molecule has 1 aliphatic rings. The maximum absolute atomic E-state index is 14.1. The molecule has 0 amide bonds. The molecule has 27 heavy (non-hydrogen) atoms. The van der Waals surface area contributed by atoms with Gasteiger partial charge in [0.25, 0.3) is 0 Å². The number of aromatic nitrogens is 4. The van der Waals surface area contributed by atoms with E-state index in [2.05, 4.69) is 25.6 Å². The van der Waals surface area contributed by atoms with Crippen molar-refractivity contribution >= 4 is 28.7 Å². The predicted molar refractivity (Wildman–Crippen MR) is 98.2 cm³/mol. The summed E-state index contributed by atoms with van der Waals surface area (Å²) in [5, 5.41) is 5.95. The number of para-hydroxylation sites is 1. The van der Waals surface area contributed by atoms with Gasteiger partial charge in [0.1, 0.15) is 22.8 Å². The first kappa shape index (κ1) is 17.6. The lowest BCUT2D eigenvalue weighted by Gasteiger charge is -2.16. The molecule has 0 radical (unpaired) electrons. The molecule has 0 bridgehead atoms. The Balaban J connectivity index is 1.82. The maximum Gasteiger partial charge on any atom is 0.224 e. The molecular formula is C18H20F2N6O. The Bertz CT molecular complexity index is 948. The lowest BCUT2D eigenvalue weighted by Crippen LogP contribution is -2.15. The zero-order chi connectivity index (χ0) is 19.0. The van der Waals surface area contributed by atoms with Crippen LogP contribution in [0.25, 0.3) is 11.2 Å². The SMILES string of the molecule is CC(C)Nc1ncc2nc(Nc3c(F)cccc3F)n([C@H]3CCOC3)c2n1. The minimum atomic E-state index is -0.690. The number of fused-ring (bicyclic) bond motifs is 1. The van der Waals surface area contributed by atoms with Crippen LogP contribution < -0.4 is 10.6 Å². The molecule has 9 heteroatoms. The summed E-state index contributed by atoms with van der Waals surface area (Å²) in [5.74, 6) is -0.601. The van der Waals surface area contributed by atoms with E-state index in [9.17, 15) is 8.78 Å². The standard InChI is InChI=1S/C18H20F2N6O/c1-10(2)22-17-21-8-14-16(25-17)26(11-6-7-27-9-11)18(23-14)24-15-12(19)4-3-5-13(15)20/h3-5,8,10-11H,6-7,9H2,1-2H3,(H,23,24)(H,21,22,25)/t11-/m0/s1. The molecule has 2 N–H and O–H groups in total. The van der Waals surface area contributed by atoms with Crippen LogP contribution in [0.3, 0.4) is 0 Å². The van der Waals surface area contributed by atoms with E-state index in [1.807, 2.05) is 18.4 Å². The van der Waals surface area contributed by atoms with Gasteiger partial charge in [-0.05, 0) is 32.4 Å². The summed E-state index contributed by atoms with van der Waals surface area (Å²) < 4.78 is 35.5. The summed E-state index contributed by atoms with van der Waals surface area (Å²) >= 11 is 0. The normalized spacial score (nSPS) is 17.0. The summed E-state index contributed by atoms with van der Waals surface area (Å²) in [6.45, 7) is 5.07. The van der Waals surface area contributed by atoms with E-state index in [0.29, 0.717) is 36.3 Å². The molecule has 0 aliphatic carbocycles. The van der Waals surface area contributed by atoms with E-state index in [1.54, 1.807) is 6.20 Å². The van der Waals surface area contributed by atoms with Crippen molar-refractivity contribution in [2.45, 2.75) is 32.4 Å². The van der Waals surface area contributed by atoms with Crippen LogP contribution in [-0.2, 0) is 4.74 Å². The van der Waals surface area contributed by atoms with Crippen molar-refractivity contribution in [1.82, 2.24) is 19.5 Å². The highest BCUT2D eigenvalue weighted by Gasteiger charge is 2.25. The van der Waals surface area contributed by atoms with Gasteiger partial charge < -0.3 is 15.4 Å². The van der Waals surface area contributed by atoms with Crippen molar-refractivity contribution < 1.29 is 13.5 Å². The number of benzene rings is 1. The van der Waals surface area contributed by atoms with Gasteiger partial charge in [0, 0.05) is 12.6 Å². The van der Waals surface area contributed by atoms with Crippen LogP contribution in [0.4, 0.5) is 26.4 Å². The number of hydrogen-bond acceptors (Lipinski definition) is 6. The van der Waals surface area contributed by atoms with E-state index in [0.717, 1.165) is 6.42 Å². The number of hydrogen-bond donors (Lipinski definition) is 2. The fraction of sp³-hybridized carbons (Fsp3) is 0.389. The zero-order valence-electron chi connectivity index (χ0n) is 15.0. The van der Waals surface area contributed by atoms with Gasteiger partial charge >= 0.3 is 0 Å². The average molecular weight is 374 g/mol. The first-order chi connectivity index (χ1) is 13.0. The maximum atomic E-state index is 14.1. The Morgan fingerprint density at radius 3 is 2.67 bits per heavy atom. The van der Waals surface area contributed by atoms with Gasteiger partial charge in [-0.15, -0.1) is 0 Å². The van der Waals surface area contributed by atoms with Crippen molar-refractivity contribution in [3.05, 3.63) is 36.0 Å². The Kier molecular flexibility index (Phi) is 4.61. The second-order valence-electron chi connectivity index (χ2n) is 6.75. The molecule has 1 atom stereocenters. The summed E-state index contributed by atoms with van der Waals surface area (Å²) in [4.78, 5) is 13.3. The van der Waals surface area contributed by atoms with Crippen molar-refractivity contribution in [3.63, 3.8) is 0 Å². The smallest absolute Gasteiger partial charge is 0.224 e. The largest absolute Gasteiger partial charge is 0.379 e. The molecule has 1 fully saturated rings. The third-order valence-corrected chi connectivity index (χ3v) is 4.32. The highest BCUT2D eigenvalue weighted by Crippen LogP contribution is 2.31. The van der Waals surface area contributed by atoms with Gasteiger partial charge in [0.15, 0.2) is 5.65 Å². The van der Waals surface area contributed by atoms with Gasteiger partial charge in [0.05, 0.1) is 18.8 Å². The number of halogens is 2. The fourth-order valence-electron chi connectivity index (χ4n) is 3.11. The van der Waals surface area contributed by atoms with Gasteiger partial charge in [0.2, 0.25) is 11.9 Å². The molecule has 142 valence electrons. The lowest BCUT2D eigenvalue weighted by atomic mass is 10.2. The van der Waals surface area contributed by atoms with E-state index < -0.39 is 11.6 Å². The van der Waals surface area contributed by atoms with Crippen LogP contribution in [0.15, 0.2) is 24.4 Å². The van der Waals surface area contributed by atoms with Gasteiger partial charge in [-0.1, -0.05) is 6.07 Å². The molecule has 1 saturated heterocycles. The van der Waals surface area contributed by atoms with Crippen LogP contribution in [0, 0.1) is 11.6 Å². The minimum Gasteiger partial charge on any atom is -0.379 e. The molecule has 0 spiro atoms. The van der Waals surface area contributed by atoms with Crippen molar-refractivity contribution in [2.75, 3.05) is 23.8 Å². The van der Waals surface area contributed by atoms with Crippen LogP contribution in [0.1, 0.15) is 26.3 Å². The number of rotatable bonds is 5. The number of nitrogens with zero attached hydrogens (tertiary/aromatic N) is 4. The van der Waals surface area contributed by atoms with Crippen molar-refractivity contribution in [1.29, 1.82) is 0 Å². The average Bonchev–Trinajstić information content (AvgIpc) is 3.24. The minimum absolute atomic E-state index is 0.0332. The van der Waals surface area contributed by atoms with Gasteiger partial charge in [-0.2, -0.15) is 4.98 Å². The molecule has 7 nitrogen and oxygen atoms in total. The van der Waals surface area contributed by atoms with Crippen LogP contribution in [0.2, 0.25) is 0 Å².